The van der Waals surface area contributed by atoms with Gasteiger partial charge in [0.25, 0.3) is 0 Å². The van der Waals surface area contributed by atoms with E-state index in [9.17, 15) is 9.59 Å². The van der Waals surface area contributed by atoms with E-state index in [0.29, 0.717) is 44.6 Å². The number of carbonyl (C=O) groups excluding carboxylic acids is 2. The average molecular weight is 510 g/mol. The van der Waals surface area contributed by atoms with Gasteiger partial charge < -0.3 is 23.8 Å². The molecule has 4 aliphatic rings. The molecule has 0 aromatic rings. The summed E-state index contributed by atoms with van der Waals surface area (Å²) in [7, 11) is 3.89. The molecular formula is C29H51NO6. The van der Waals surface area contributed by atoms with Crippen LogP contribution in [0.3, 0.4) is 0 Å². The summed E-state index contributed by atoms with van der Waals surface area (Å²) in [5, 5.41) is 0. The van der Waals surface area contributed by atoms with Crippen LogP contribution in [0, 0.1) is 22.7 Å². The highest BCUT2D eigenvalue weighted by atomic mass is 16.7. The molecule has 0 aromatic carbocycles. The fourth-order valence-corrected chi connectivity index (χ4v) is 7.08. The molecule has 0 spiro atoms. The molecule has 36 heavy (non-hydrogen) atoms. The van der Waals surface area contributed by atoms with E-state index in [1.54, 1.807) is 0 Å². The van der Waals surface area contributed by atoms with Crippen LogP contribution in [0.2, 0.25) is 0 Å². The molecule has 4 saturated carbocycles. The maximum Gasteiger partial charge on any atom is 0.312 e. The van der Waals surface area contributed by atoms with E-state index in [2.05, 4.69) is 6.92 Å². The lowest BCUT2D eigenvalue weighted by Gasteiger charge is -2.61. The number of ether oxygens (including phenoxy) is 4. The summed E-state index contributed by atoms with van der Waals surface area (Å²) in [5.74, 6) is 0.619. The minimum Gasteiger partial charge on any atom is -0.464 e. The van der Waals surface area contributed by atoms with Gasteiger partial charge in [0.15, 0.2) is 0 Å². The normalized spacial score (nSPS) is 30.9. The first-order valence-corrected chi connectivity index (χ1v) is 14.1. The van der Waals surface area contributed by atoms with Crippen molar-refractivity contribution in [1.29, 1.82) is 0 Å². The van der Waals surface area contributed by atoms with Gasteiger partial charge in [-0.1, -0.05) is 20.3 Å². The van der Waals surface area contributed by atoms with Crippen LogP contribution in [0.5, 0.6) is 0 Å². The molecule has 0 saturated heterocycles. The second-order valence-corrected chi connectivity index (χ2v) is 13.2. The van der Waals surface area contributed by atoms with Crippen LogP contribution in [0.1, 0.15) is 98.8 Å². The van der Waals surface area contributed by atoms with E-state index in [1.807, 2.05) is 46.7 Å². The van der Waals surface area contributed by atoms with Crippen molar-refractivity contribution in [3.8, 4) is 0 Å². The lowest BCUT2D eigenvalue weighted by atomic mass is 9.52. The Bertz CT molecular complexity index is 751. The first-order chi connectivity index (χ1) is 16.9. The summed E-state index contributed by atoms with van der Waals surface area (Å²) in [6, 6.07) is 0. The van der Waals surface area contributed by atoms with Gasteiger partial charge in [0.05, 0.1) is 16.4 Å². The number of hydrogen-bond acceptors (Lipinski definition) is 7. The lowest BCUT2D eigenvalue weighted by Crippen LogP contribution is -2.62. The molecule has 208 valence electrons. The maximum absolute atomic E-state index is 13.8. The number of nitrogens with zero attached hydrogens (tertiary/aromatic N) is 1. The standard InChI is InChI=1S/C29H51NO6/c1-8-10-12-33-21-35-28-15-22-14-23(16-28)18-29(17-22,20-28)36-25(32)27(5,9-2)19-26(3,4)24(31)34-13-11-30(6)7/h22-23H,8-21H2,1-7H3. The Morgan fingerprint density at radius 2 is 1.58 bits per heavy atom. The molecule has 4 rings (SSSR count). The number of likely N-dealkylation sites (N-methyl/N-ethyl adjacent to an activating group) is 1. The SMILES string of the molecule is CCCCOCOC12CC3CC(C1)CC(OC(=O)C(C)(CC)CC(C)(C)C(=O)OCCN(C)C)(C3)C2. The predicted octanol–water partition coefficient (Wildman–Crippen LogP) is 5.35. The van der Waals surface area contributed by atoms with Gasteiger partial charge >= 0.3 is 11.9 Å². The molecule has 0 heterocycles. The van der Waals surface area contributed by atoms with Crippen LogP contribution < -0.4 is 0 Å². The van der Waals surface area contributed by atoms with E-state index >= 15 is 0 Å². The minimum absolute atomic E-state index is 0.185. The third-order valence-electron chi connectivity index (χ3n) is 8.78. The first-order valence-electron chi connectivity index (χ1n) is 14.1. The van der Waals surface area contributed by atoms with Crippen LogP contribution in [0.15, 0.2) is 0 Å². The molecule has 7 heteroatoms. The number of carbonyl (C=O) groups is 2. The topological polar surface area (TPSA) is 74.3 Å². The quantitative estimate of drug-likeness (QED) is 0.167. The molecule has 0 amide bonds. The van der Waals surface area contributed by atoms with Crippen LogP contribution in [-0.2, 0) is 28.5 Å². The van der Waals surface area contributed by atoms with Gasteiger partial charge in [-0.25, -0.2) is 0 Å². The van der Waals surface area contributed by atoms with Crippen LogP contribution in [0.25, 0.3) is 0 Å². The number of esters is 2. The number of hydrogen-bond donors (Lipinski definition) is 0. The number of rotatable bonds is 15. The van der Waals surface area contributed by atoms with Gasteiger partial charge in [-0.2, -0.15) is 0 Å². The molecule has 4 bridgehead atoms. The lowest BCUT2D eigenvalue weighted by molar-refractivity contribution is -0.257. The summed E-state index contributed by atoms with van der Waals surface area (Å²) in [6.45, 7) is 11.9. The minimum atomic E-state index is -0.780. The van der Waals surface area contributed by atoms with E-state index in [-0.39, 0.29) is 17.5 Å². The van der Waals surface area contributed by atoms with Gasteiger partial charge in [0.1, 0.15) is 19.0 Å². The fraction of sp³-hybridized carbons (Fsp3) is 0.931. The Kier molecular flexibility index (Phi) is 9.54. The highest BCUT2D eigenvalue weighted by Gasteiger charge is 2.61. The largest absolute Gasteiger partial charge is 0.464 e. The summed E-state index contributed by atoms with van der Waals surface area (Å²) in [5.41, 5.74) is -2.24. The Morgan fingerprint density at radius 3 is 2.17 bits per heavy atom. The van der Waals surface area contributed by atoms with E-state index < -0.39 is 16.4 Å². The molecule has 0 aromatic heterocycles. The highest BCUT2D eigenvalue weighted by molar-refractivity contribution is 5.80. The Balaban J connectivity index is 1.65. The molecule has 7 nitrogen and oxygen atoms in total. The third-order valence-corrected chi connectivity index (χ3v) is 8.78. The van der Waals surface area contributed by atoms with Crippen molar-refractivity contribution in [3.63, 3.8) is 0 Å². The third kappa shape index (κ3) is 7.02. The maximum atomic E-state index is 13.8. The van der Waals surface area contributed by atoms with Crippen molar-refractivity contribution in [3.05, 3.63) is 0 Å². The zero-order chi connectivity index (χ0) is 26.6. The smallest absolute Gasteiger partial charge is 0.312 e. The molecule has 0 aliphatic heterocycles. The fourth-order valence-electron chi connectivity index (χ4n) is 7.08. The molecular weight excluding hydrogens is 458 g/mol. The summed E-state index contributed by atoms with van der Waals surface area (Å²) in [6.07, 6.45) is 9.03. The molecule has 3 atom stereocenters. The van der Waals surface area contributed by atoms with Crippen molar-refractivity contribution in [2.24, 2.45) is 22.7 Å². The van der Waals surface area contributed by atoms with Crippen molar-refractivity contribution < 1.29 is 28.5 Å². The monoisotopic (exact) mass is 509 g/mol. The van der Waals surface area contributed by atoms with Gasteiger partial charge in [-0.05, 0) is 98.1 Å². The average Bonchev–Trinajstić information content (AvgIpc) is 2.77. The van der Waals surface area contributed by atoms with Crippen molar-refractivity contribution >= 4 is 11.9 Å². The zero-order valence-corrected chi connectivity index (χ0v) is 24.0. The molecule has 0 N–H and O–H groups in total. The zero-order valence-electron chi connectivity index (χ0n) is 24.0. The molecule has 4 aliphatic carbocycles. The van der Waals surface area contributed by atoms with E-state index in [1.165, 1.54) is 6.42 Å². The van der Waals surface area contributed by atoms with Crippen molar-refractivity contribution in [2.75, 3.05) is 40.6 Å². The summed E-state index contributed by atoms with van der Waals surface area (Å²) < 4.78 is 24.2. The van der Waals surface area contributed by atoms with Crippen molar-refractivity contribution in [2.45, 2.75) is 110 Å². The van der Waals surface area contributed by atoms with Crippen LogP contribution in [-0.4, -0.2) is 68.7 Å². The van der Waals surface area contributed by atoms with Gasteiger partial charge in [-0.15, -0.1) is 0 Å². The van der Waals surface area contributed by atoms with Gasteiger partial charge in [0, 0.05) is 19.6 Å². The molecule has 4 fully saturated rings. The second kappa shape index (κ2) is 11.7. The van der Waals surface area contributed by atoms with Gasteiger partial charge in [-0.3, -0.25) is 9.59 Å². The van der Waals surface area contributed by atoms with Gasteiger partial charge in [0.2, 0.25) is 0 Å². The summed E-state index contributed by atoms with van der Waals surface area (Å²) in [4.78, 5) is 28.6. The first kappa shape index (κ1) is 29.4. The summed E-state index contributed by atoms with van der Waals surface area (Å²) >= 11 is 0. The Labute approximate surface area is 218 Å². The Morgan fingerprint density at radius 1 is 0.944 bits per heavy atom. The van der Waals surface area contributed by atoms with Crippen molar-refractivity contribution in [1.82, 2.24) is 4.90 Å². The van der Waals surface area contributed by atoms with Crippen LogP contribution >= 0.6 is 0 Å². The van der Waals surface area contributed by atoms with E-state index in [4.69, 9.17) is 18.9 Å². The van der Waals surface area contributed by atoms with Crippen LogP contribution in [0.4, 0.5) is 0 Å². The Hall–Kier alpha value is -1.18. The molecule has 0 radical (unpaired) electrons. The molecule has 3 unspecified atom stereocenters. The predicted molar refractivity (Wildman–Crippen MR) is 139 cm³/mol. The highest BCUT2D eigenvalue weighted by Crippen LogP contribution is 2.60. The van der Waals surface area contributed by atoms with E-state index in [0.717, 1.165) is 51.6 Å². The number of unbranched alkanes of at least 4 members (excludes halogenated alkanes) is 1. The second-order valence-electron chi connectivity index (χ2n) is 13.2.